The maximum Gasteiger partial charge on any atom is 0.150 e. The molecule has 1 aliphatic carbocycles. The summed E-state index contributed by atoms with van der Waals surface area (Å²) in [5.41, 5.74) is 6.13. The number of hydrogen-bond acceptors (Lipinski definition) is 3. The van der Waals surface area contributed by atoms with Gasteiger partial charge in [-0.15, -0.1) is 0 Å². The lowest BCUT2D eigenvalue weighted by Crippen LogP contribution is -2.38. The van der Waals surface area contributed by atoms with Crippen molar-refractivity contribution in [3.05, 3.63) is 29.3 Å². The second kappa shape index (κ2) is 5.02. The van der Waals surface area contributed by atoms with Gasteiger partial charge in [-0.05, 0) is 36.8 Å². The first kappa shape index (κ1) is 13.3. The normalized spacial score (nSPS) is 29.1. The zero-order chi connectivity index (χ0) is 14.3. The molecule has 3 nitrogen and oxygen atoms in total. The van der Waals surface area contributed by atoms with Crippen molar-refractivity contribution in [1.82, 2.24) is 0 Å². The van der Waals surface area contributed by atoms with Crippen molar-refractivity contribution in [2.24, 2.45) is 17.6 Å². The predicted octanol–water partition coefficient (Wildman–Crippen LogP) is 2.40. The Morgan fingerprint density at radius 2 is 1.90 bits per heavy atom. The fourth-order valence-electron chi connectivity index (χ4n) is 3.63. The Labute approximate surface area is 117 Å². The molecule has 1 aromatic carbocycles. The third-order valence-corrected chi connectivity index (χ3v) is 4.62. The van der Waals surface area contributed by atoms with Crippen LogP contribution in [-0.4, -0.2) is 19.1 Å². The van der Waals surface area contributed by atoms with E-state index in [9.17, 15) is 8.78 Å². The SMILES string of the molecule is N#Cc1cc(F)c(N2CC3CCCC(N)C3C2)c(F)c1. The Kier molecular flexibility index (Phi) is 3.35. The molecule has 20 heavy (non-hydrogen) atoms. The maximum absolute atomic E-state index is 14.1. The molecule has 0 amide bonds. The summed E-state index contributed by atoms with van der Waals surface area (Å²) in [4.78, 5) is 1.76. The molecule has 1 heterocycles. The van der Waals surface area contributed by atoms with Crippen LogP contribution in [0.1, 0.15) is 24.8 Å². The highest BCUT2D eigenvalue weighted by molar-refractivity contribution is 5.53. The zero-order valence-corrected chi connectivity index (χ0v) is 11.1. The predicted molar refractivity (Wildman–Crippen MR) is 72.1 cm³/mol. The van der Waals surface area contributed by atoms with E-state index in [1.807, 2.05) is 0 Å². The van der Waals surface area contributed by atoms with Gasteiger partial charge >= 0.3 is 0 Å². The standard InChI is InChI=1S/C15H17F2N3/c16-12-4-9(6-18)5-13(17)15(12)20-7-10-2-1-3-14(19)11(10)8-20/h4-5,10-11,14H,1-3,7-8,19H2. The Morgan fingerprint density at radius 3 is 2.50 bits per heavy atom. The summed E-state index contributed by atoms with van der Waals surface area (Å²) in [5, 5.41) is 8.73. The molecule has 3 rings (SSSR count). The van der Waals surface area contributed by atoms with Crippen LogP contribution < -0.4 is 10.6 Å². The summed E-state index contributed by atoms with van der Waals surface area (Å²) in [6.45, 7) is 1.25. The lowest BCUT2D eigenvalue weighted by Gasteiger charge is -2.29. The summed E-state index contributed by atoms with van der Waals surface area (Å²) in [6, 6.07) is 4.09. The van der Waals surface area contributed by atoms with Crippen LogP contribution in [0.3, 0.4) is 0 Å². The molecule has 2 fully saturated rings. The van der Waals surface area contributed by atoms with Crippen molar-refractivity contribution in [3.63, 3.8) is 0 Å². The Hall–Kier alpha value is -1.67. The Bertz CT molecular complexity index is 544. The van der Waals surface area contributed by atoms with Crippen LogP contribution in [-0.2, 0) is 0 Å². The zero-order valence-electron chi connectivity index (χ0n) is 11.1. The van der Waals surface area contributed by atoms with Gasteiger partial charge in [0.15, 0.2) is 11.6 Å². The first-order chi connectivity index (χ1) is 9.60. The quantitative estimate of drug-likeness (QED) is 0.857. The van der Waals surface area contributed by atoms with Crippen LogP contribution in [0.15, 0.2) is 12.1 Å². The van der Waals surface area contributed by atoms with Gasteiger partial charge in [-0.3, -0.25) is 0 Å². The number of nitrogens with zero attached hydrogens (tertiary/aromatic N) is 2. The molecular formula is C15H17F2N3. The van der Waals surface area contributed by atoms with Gasteiger partial charge in [0.25, 0.3) is 0 Å². The molecule has 3 unspecified atom stereocenters. The van der Waals surface area contributed by atoms with Crippen LogP contribution in [0.5, 0.6) is 0 Å². The molecule has 1 saturated heterocycles. The van der Waals surface area contributed by atoms with E-state index in [1.165, 1.54) is 0 Å². The number of nitrogens with two attached hydrogens (primary N) is 1. The molecule has 3 atom stereocenters. The van der Waals surface area contributed by atoms with Crippen LogP contribution in [0.2, 0.25) is 0 Å². The minimum absolute atomic E-state index is 0.00870. The molecule has 1 aliphatic heterocycles. The Morgan fingerprint density at radius 1 is 1.20 bits per heavy atom. The van der Waals surface area contributed by atoms with E-state index in [4.69, 9.17) is 11.0 Å². The van der Waals surface area contributed by atoms with E-state index in [2.05, 4.69) is 0 Å². The van der Waals surface area contributed by atoms with Gasteiger partial charge in [-0.2, -0.15) is 5.26 Å². The molecule has 1 aromatic rings. The number of hydrogen-bond donors (Lipinski definition) is 1. The minimum Gasteiger partial charge on any atom is -0.366 e. The lowest BCUT2D eigenvalue weighted by molar-refractivity contribution is 0.260. The van der Waals surface area contributed by atoms with Crippen molar-refractivity contribution in [1.29, 1.82) is 5.26 Å². The summed E-state index contributed by atoms with van der Waals surface area (Å²) in [5.74, 6) is -0.575. The fraction of sp³-hybridized carbons (Fsp3) is 0.533. The van der Waals surface area contributed by atoms with Gasteiger partial charge < -0.3 is 10.6 Å². The average Bonchev–Trinajstić information content (AvgIpc) is 2.82. The third kappa shape index (κ3) is 2.14. The molecule has 1 saturated carbocycles. The van der Waals surface area contributed by atoms with Crippen molar-refractivity contribution < 1.29 is 8.78 Å². The van der Waals surface area contributed by atoms with E-state index in [-0.39, 0.29) is 17.3 Å². The van der Waals surface area contributed by atoms with Gasteiger partial charge in [0.2, 0.25) is 0 Å². The summed E-state index contributed by atoms with van der Waals surface area (Å²) in [7, 11) is 0. The maximum atomic E-state index is 14.1. The average molecular weight is 277 g/mol. The van der Waals surface area contributed by atoms with Gasteiger partial charge in [0.05, 0.1) is 11.6 Å². The van der Waals surface area contributed by atoms with Gasteiger partial charge in [-0.1, -0.05) is 6.42 Å². The van der Waals surface area contributed by atoms with Crippen LogP contribution in [0.25, 0.3) is 0 Å². The molecule has 2 N–H and O–H groups in total. The van der Waals surface area contributed by atoms with Gasteiger partial charge in [-0.25, -0.2) is 8.78 Å². The van der Waals surface area contributed by atoms with Crippen LogP contribution in [0, 0.1) is 34.8 Å². The summed E-state index contributed by atoms with van der Waals surface area (Å²) >= 11 is 0. The number of rotatable bonds is 1. The highest BCUT2D eigenvalue weighted by Gasteiger charge is 2.40. The van der Waals surface area contributed by atoms with Gasteiger partial charge in [0, 0.05) is 19.1 Å². The summed E-state index contributed by atoms with van der Waals surface area (Å²) < 4.78 is 28.1. The monoisotopic (exact) mass is 277 g/mol. The van der Waals surface area contributed by atoms with Crippen LogP contribution in [0.4, 0.5) is 14.5 Å². The largest absolute Gasteiger partial charge is 0.366 e. The van der Waals surface area contributed by atoms with Gasteiger partial charge in [0.1, 0.15) is 5.69 Å². The smallest absolute Gasteiger partial charge is 0.150 e. The second-order valence-electron chi connectivity index (χ2n) is 5.82. The molecule has 0 aromatic heterocycles. The van der Waals surface area contributed by atoms with Crippen molar-refractivity contribution in [3.8, 4) is 6.07 Å². The van der Waals surface area contributed by atoms with E-state index in [0.29, 0.717) is 24.9 Å². The summed E-state index contributed by atoms with van der Waals surface area (Å²) in [6.07, 6.45) is 3.16. The highest BCUT2D eigenvalue weighted by atomic mass is 19.1. The molecule has 5 heteroatoms. The Balaban J connectivity index is 1.90. The van der Waals surface area contributed by atoms with E-state index >= 15 is 0 Å². The minimum atomic E-state index is -0.659. The van der Waals surface area contributed by atoms with Crippen molar-refractivity contribution in [2.75, 3.05) is 18.0 Å². The molecule has 0 radical (unpaired) electrons. The lowest BCUT2D eigenvalue weighted by atomic mass is 9.78. The molecule has 2 aliphatic rings. The van der Waals surface area contributed by atoms with E-state index in [1.54, 1.807) is 11.0 Å². The van der Waals surface area contributed by atoms with Crippen molar-refractivity contribution in [2.45, 2.75) is 25.3 Å². The number of benzene rings is 1. The third-order valence-electron chi connectivity index (χ3n) is 4.62. The molecule has 0 spiro atoms. The number of fused-ring (bicyclic) bond motifs is 1. The second-order valence-corrected chi connectivity index (χ2v) is 5.82. The topological polar surface area (TPSA) is 53.0 Å². The molecular weight excluding hydrogens is 260 g/mol. The van der Waals surface area contributed by atoms with Crippen LogP contribution >= 0.6 is 0 Å². The number of anilines is 1. The number of halogens is 2. The first-order valence-corrected chi connectivity index (χ1v) is 7.00. The number of nitriles is 1. The molecule has 0 bridgehead atoms. The fourth-order valence-corrected chi connectivity index (χ4v) is 3.63. The van der Waals surface area contributed by atoms with E-state index < -0.39 is 11.6 Å². The first-order valence-electron chi connectivity index (χ1n) is 7.00. The molecule has 106 valence electrons. The highest BCUT2D eigenvalue weighted by Crippen LogP contribution is 2.39. The van der Waals surface area contributed by atoms with Crippen molar-refractivity contribution >= 4 is 5.69 Å². The van der Waals surface area contributed by atoms with E-state index in [0.717, 1.165) is 31.4 Å².